The van der Waals surface area contributed by atoms with E-state index < -0.39 is 17.5 Å². The Kier molecular flexibility index (Phi) is 11.5. The van der Waals surface area contributed by atoms with Crippen LogP contribution in [0.1, 0.15) is 63.7 Å². The Morgan fingerprint density at radius 3 is 1.52 bits per heavy atom. The number of hydroxylamine groups is 2. The van der Waals surface area contributed by atoms with Crippen LogP contribution in [-0.4, -0.2) is 42.7 Å². The van der Waals surface area contributed by atoms with Crippen LogP contribution in [0.15, 0.2) is 97.1 Å². The number of methoxy groups -OCH3 is 2. The molecule has 240 valence electrons. The molecule has 0 aliphatic carbocycles. The van der Waals surface area contributed by atoms with Crippen LogP contribution in [-0.2, 0) is 45.3 Å². The predicted molar refractivity (Wildman–Crippen MR) is 172 cm³/mol. The lowest BCUT2D eigenvalue weighted by Gasteiger charge is -2.30. The first-order chi connectivity index (χ1) is 22.1. The van der Waals surface area contributed by atoms with Crippen LogP contribution >= 0.6 is 0 Å². The van der Waals surface area contributed by atoms with Gasteiger partial charge in [0.15, 0.2) is 0 Å². The van der Waals surface area contributed by atoms with Crippen molar-refractivity contribution in [3.63, 3.8) is 0 Å². The smallest absolute Gasteiger partial charge is 0.341 e. The molecule has 46 heavy (non-hydrogen) atoms. The molecule has 0 radical (unpaired) electrons. The Morgan fingerprint density at radius 1 is 0.609 bits per heavy atom. The zero-order valence-corrected chi connectivity index (χ0v) is 26.8. The van der Waals surface area contributed by atoms with Crippen molar-refractivity contribution in [2.45, 2.75) is 52.6 Å². The Labute approximate surface area is 269 Å². The fourth-order valence-electron chi connectivity index (χ4n) is 4.54. The fraction of sp³-hybridized carbons (Fsp3) is 0.270. The van der Waals surface area contributed by atoms with E-state index in [0.717, 1.165) is 11.1 Å². The van der Waals surface area contributed by atoms with Gasteiger partial charge in [0.1, 0.15) is 35.8 Å². The summed E-state index contributed by atoms with van der Waals surface area (Å²) in [5.41, 5.74) is 3.00. The van der Waals surface area contributed by atoms with E-state index in [9.17, 15) is 14.4 Å². The average Bonchev–Trinajstić information content (AvgIpc) is 3.06. The van der Waals surface area contributed by atoms with E-state index >= 15 is 0 Å². The molecule has 0 atom stereocenters. The van der Waals surface area contributed by atoms with Crippen LogP contribution in [0.25, 0.3) is 0 Å². The maximum Gasteiger partial charge on any atom is 0.341 e. The lowest BCUT2D eigenvalue weighted by atomic mass is 10.1. The first kappa shape index (κ1) is 33.7. The molecule has 0 N–H and O–H groups in total. The summed E-state index contributed by atoms with van der Waals surface area (Å²) in [5.74, 6) is -0.759. The molecule has 0 spiro atoms. The van der Waals surface area contributed by atoms with Gasteiger partial charge in [-0.1, -0.05) is 72.8 Å². The summed E-state index contributed by atoms with van der Waals surface area (Å²) in [6.45, 7) is 6.11. The molecule has 0 bridgehead atoms. The molecule has 0 heterocycles. The normalized spacial score (nSPS) is 11.0. The lowest BCUT2D eigenvalue weighted by molar-refractivity contribution is -0.231. The second-order valence-electron chi connectivity index (χ2n) is 11.5. The highest BCUT2D eigenvalue weighted by atomic mass is 16.7. The van der Waals surface area contributed by atoms with E-state index in [2.05, 4.69) is 0 Å². The van der Waals surface area contributed by atoms with E-state index in [-0.39, 0.29) is 43.2 Å². The molecule has 4 aromatic rings. The van der Waals surface area contributed by atoms with Crippen LogP contribution in [0.2, 0.25) is 0 Å². The molecule has 1 amide bonds. The third kappa shape index (κ3) is 9.67. The zero-order chi connectivity index (χ0) is 33.1. The largest absolute Gasteiger partial charge is 0.488 e. The average molecular weight is 626 g/mol. The van der Waals surface area contributed by atoms with E-state index in [0.29, 0.717) is 22.6 Å². The minimum Gasteiger partial charge on any atom is -0.488 e. The monoisotopic (exact) mass is 625 g/mol. The van der Waals surface area contributed by atoms with Crippen LogP contribution in [0.4, 0.5) is 0 Å². The lowest BCUT2D eigenvalue weighted by Crippen LogP contribution is -2.38. The van der Waals surface area contributed by atoms with Gasteiger partial charge in [-0.25, -0.2) is 14.7 Å². The molecular weight excluding hydrogens is 586 g/mol. The van der Waals surface area contributed by atoms with Gasteiger partial charge in [-0.15, -0.1) is 0 Å². The predicted octanol–water partition coefficient (Wildman–Crippen LogP) is 6.72. The van der Waals surface area contributed by atoms with Gasteiger partial charge >= 0.3 is 11.9 Å². The third-order valence-corrected chi connectivity index (χ3v) is 6.72. The number of hydrogen-bond acceptors (Lipinski definition) is 8. The molecule has 0 unspecified atom stereocenters. The Balaban J connectivity index is 1.57. The molecule has 0 aliphatic rings. The van der Waals surface area contributed by atoms with E-state index in [1.54, 1.807) is 36.4 Å². The van der Waals surface area contributed by atoms with Gasteiger partial charge < -0.3 is 18.9 Å². The summed E-state index contributed by atoms with van der Waals surface area (Å²) in [5, 5.41) is 1.30. The topological polar surface area (TPSA) is 101 Å². The number of carbonyl (C=O) groups is 3. The van der Waals surface area contributed by atoms with Crippen molar-refractivity contribution >= 4 is 17.8 Å². The molecule has 0 aromatic heterocycles. The van der Waals surface area contributed by atoms with Crippen LogP contribution in [0, 0.1) is 0 Å². The van der Waals surface area contributed by atoms with Gasteiger partial charge in [-0.3, -0.25) is 9.63 Å². The van der Waals surface area contributed by atoms with Gasteiger partial charge in [0.05, 0.1) is 32.8 Å². The molecule has 0 saturated carbocycles. The van der Waals surface area contributed by atoms with Gasteiger partial charge in [0.2, 0.25) is 0 Å². The highest BCUT2D eigenvalue weighted by Gasteiger charge is 2.25. The van der Waals surface area contributed by atoms with Gasteiger partial charge in [0.25, 0.3) is 5.91 Å². The minimum absolute atomic E-state index is 0.0309. The van der Waals surface area contributed by atoms with Crippen LogP contribution in [0.3, 0.4) is 0 Å². The van der Waals surface area contributed by atoms with Gasteiger partial charge in [-0.05, 0) is 67.3 Å². The van der Waals surface area contributed by atoms with Crippen molar-refractivity contribution in [3.8, 4) is 11.5 Å². The summed E-state index contributed by atoms with van der Waals surface area (Å²) in [7, 11) is 2.61. The molecule has 9 nitrogen and oxygen atoms in total. The maximum atomic E-state index is 13.7. The fourth-order valence-corrected chi connectivity index (χ4v) is 4.54. The van der Waals surface area contributed by atoms with Crippen molar-refractivity contribution in [2.24, 2.45) is 0 Å². The minimum atomic E-state index is -0.688. The summed E-state index contributed by atoms with van der Waals surface area (Å²) in [6, 6.07) is 29.1. The Morgan fingerprint density at radius 2 is 1.07 bits per heavy atom. The van der Waals surface area contributed by atoms with Gasteiger partial charge in [0, 0.05) is 0 Å². The molecule has 9 heteroatoms. The number of hydrogen-bond donors (Lipinski definition) is 0. The van der Waals surface area contributed by atoms with Crippen LogP contribution < -0.4 is 9.47 Å². The molecule has 0 aliphatic heterocycles. The number of rotatable bonds is 13. The Hall–Kier alpha value is -5.15. The third-order valence-electron chi connectivity index (χ3n) is 6.72. The number of nitrogens with zero attached hydrogens (tertiary/aromatic N) is 1. The van der Waals surface area contributed by atoms with Crippen molar-refractivity contribution in [1.82, 2.24) is 5.06 Å². The number of benzene rings is 4. The summed E-state index contributed by atoms with van der Waals surface area (Å²) in [4.78, 5) is 44.8. The molecule has 0 fully saturated rings. The second-order valence-corrected chi connectivity index (χ2v) is 11.5. The number of esters is 2. The van der Waals surface area contributed by atoms with Crippen molar-refractivity contribution in [3.05, 3.63) is 130 Å². The van der Waals surface area contributed by atoms with Gasteiger partial charge in [-0.2, -0.15) is 0 Å². The summed E-state index contributed by atoms with van der Waals surface area (Å²) >= 11 is 0. The molecule has 0 saturated heterocycles. The van der Waals surface area contributed by atoms with E-state index in [4.69, 9.17) is 23.8 Å². The zero-order valence-electron chi connectivity index (χ0n) is 26.8. The molecule has 4 aromatic carbocycles. The Bertz CT molecular complexity index is 1630. The van der Waals surface area contributed by atoms with Crippen molar-refractivity contribution < 1.29 is 38.2 Å². The molecular formula is C37H39NO8. The van der Waals surface area contributed by atoms with Crippen LogP contribution in [0.5, 0.6) is 11.5 Å². The molecule has 4 rings (SSSR count). The summed E-state index contributed by atoms with van der Waals surface area (Å²) in [6.07, 6.45) is -0.0309. The summed E-state index contributed by atoms with van der Waals surface area (Å²) < 4.78 is 21.9. The number of ether oxygens (including phenoxy) is 4. The first-order valence-electron chi connectivity index (χ1n) is 14.8. The van der Waals surface area contributed by atoms with E-state index in [1.807, 2.05) is 81.4 Å². The second kappa shape index (κ2) is 15.7. The van der Waals surface area contributed by atoms with E-state index in [1.165, 1.54) is 19.3 Å². The number of amides is 1. The van der Waals surface area contributed by atoms with Crippen molar-refractivity contribution in [1.29, 1.82) is 0 Å². The maximum absolute atomic E-state index is 13.7. The highest BCUT2D eigenvalue weighted by molar-refractivity contribution is 5.93. The first-order valence-corrected chi connectivity index (χ1v) is 14.8. The quantitative estimate of drug-likeness (QED) is 0.119. The highest BCUT2D eigenvalue weighted by Crippen LogP contribution is 2.27. The van der Waals surface area contributed by atoms with Crippen molar-refractivity contribution in [2.75, 3.05) is 14.2 Å². The standard InChI is InChI=1S/C37H39NO8/c1-37(2,3)46-38(23-29-17-19-31(36(41)43-5)33(21-29)45-25-27-14-10-7-11-15-27)34(39)22-28-16-18-30(35(40)42-4)32(20-28)44-24-26-12-8-6-9-13-26/h6-21H,22-25H2,1-5H3. The number of carbonyl (C=O) groups excluding carboxylic acids is 3. The SMILES string of the molecule is COC(=O)c1ccc(CC(=O)N(Cc2ccc(C(=O)OC)c(OCc3ccccc3)c2)OC(C)(C)C)cc1OCc1ccccc1.